The number of urea groups is 1. The predicted molar refractivity (Wildman–Crippen MR) is 132 cm³/mol. The first-order chi connectivity index (χ1) is 16.6. The van der Waals surface area contributed by atoms with E-state index in [-0.39, 0.29) is 29.7 Å². The molecule has 3 N–H and O–H groups in total. The Hall–Kier alpha value is -3.42. The summed E-state index contributed by atoms with van der Waals surface area (Å²) in [5, 5.41) is 8.70. The number of amides is 4. The van der Waals surface area contributed by atoms with Gasteiger partial charge in [-0.05, 0) is 86.4 Å². The third-order valence-corrected chi connectivity index (χ3v) is 6.93. The molecule has 4 amide bonds. The second-order valence-corrected chi connectivity index (χ2v) is 10.1. The van der Waals surface area contributed by atoms with E-state index in [4.69, 9.17) is 0 Å². The maximum atomic E-state index is 13.4. The number of halogens is 1. The number of rotatable bonds is 5. The Morgan fingerprint density at radius 3 is 2.26 bits per heavy atom. The lowest BCUT2D eigenvalue weighted by Gasteiger charge is -2.32. The van der Waals surface area contributed by atoms with Crippen LogP contribution in [0.15, 0.2) is 42.5 Å². The number of carbonyl (C=O) groups excluding carboxylic acids is 3. The normalized spacial score (nSPS) is 19.6. The van der Waals surface area contributed by atoms with E-state index in [1.807, 2.05) is 24.3 Å². The van der Waals surface area contributed by atoms with Crippen molar-refractivity contribution in [3.05, 3.63) is 65.0 Å². The highest BCUT2D eigenvalue weighted by atomic mass is 19.1. The lowest BCUT2D eigenvalue weighted by Crippen LogP contribution is -2.56. The summed E-state index contributed by atoms with van der Waals surface area (Å²) in [5.74, 6) is -0.275. The number of anilines is 1. The van der Waals surface area contributed by atoms with Crippen molar-refractivity contribution >= 4 is 23.5 Å². The summed E-state index contributed by atoms with van der Waals surface area (Å²) in [6.45, 7) is 5.70. The maximum Gasteiger partial charge on any atom is 0.322 e. The van der Waals surface area contributed by atoms with Gasteiger partial charge in [0, 0.05) is 31.7 Å². The van der Waals surface area contributed by atoms with Crippen LogP contribution >= 0.6 is 0 Å². The van der Waals surface area contributed by atoms with Crippen molar-refractivity contribution in [1.82, 2.24) is 15.5 Å². The standard InChI is InChI=1S/C27H33FN4O3/c1-17(33)31-27(2,3)25(34)29-23-10-5-18(6-11-23)19-7-12-24(13-8-19)30-26(35)32-15-20-4-9-22(28)14-21(20)16-32/h4,7-9,12-14,18,23H,5-6,10-11,15-16H2,1-3H3,(H,29,34)(H,30,35)(H,31,33). The maximum absolute atomic E-state index is 13.4. The van der Waals surface area contributed by atoms with Crippen molar-refractivity contribution in [2.45, 2.75) is 77.0 Å². The fourth-order valence-corrected chi connectivity index (χ4v) is 4.98. The van der Waals surface area contributed by atoms with Gasteiger partial charge in [-0.1, -0.05) is 18.2 Å². The fraction of sp³-hybridized carbons (Fsp3) is 0.444. The van der Waals surface area contributed by atoms with Gasteiger partial charge < -0.3 is 20.9 Å². The van der Waals surface area contributed by atoms with E-state index in [1.54, 1.807) is 24.8 Å². The zero-order chi connectivity index (χ0) is 25.2. The van der Waals surface area contributed by atoms with E-state index in [1.165, 1.54) is 24.6 Å². The summed E-state index contributed by atoms with van der Waals surface area (Å²) in [7, 11) is 0. The number of nitrogens with one attached hydrogen (secondary N) is 3. The Bertz CT molecular complexity index is 1110. The molecule has 0 spiro atoms. The molecule has 8 heteroatoms. The van der Waals surface area contributed by atoms with Crippen LogP contribution in [0.25, 0.3) is 0 Å². The van der Waals surface area contributed by atoms with E-state index in [0.29, 0.717) is 19.0 Å². The van der Waals surface area contributed by atoms with Gasteiger partial charge in [0.1, 0.15) is 11.4 Å². The van der Waals surface area contributed by atoms with Crippen molar-refractivity contribution in [2.75, 3.05) is 5.32 Å². The van der Waals surface area contributed by atoms with E-state index in [9.17, 15) is 18.8 Å². The largest absolute Gasteiger partial charge is 0.351 e. The number of hydrogen-bond acceptors (Lipinski definition) is 3. The highest BCUT2D eigenvalue weighted by Crippen LogP contribution is 2.34. The summed E-state index contributed by atoms with van der Waals surface area (Å²) in [5.41, 5.74) is 2.83. The molecule has 0 aromatic heterocycles. The molecule has 1 aliphatic carbocycles. The van der Waals surface area contributed by atoms with Gasteiger partial charge in [0.2, 0.25) is 11.8 Å². The average Bonchev–Trinajstić information content (AvgIpc) is 3.23. The van der Waals surface area contributed by atoms with E-state index in [0.717, 1.165) is 42.5 Å². The van der Waals surface area contributed by atoms with Gasteiger partial charge in [-0.15, -0.1) is 0 Å². The van der Waals surface area contributed by atoms with Gasteiger partial charge in [0.05, 0.1) is 0 Å². The SMILES string of the molecule is CC(=O)NC(C)(C)C(=O)NC1CCC(c2ccc(NC(=O)N3Cc4ccc(F)cc4C3)cc2)CC1. The Morgan fingerprint density at radius 1 is 0.943 bits per heavy atom. The fourth-order valence-electron chi connectivity index (χ4n) is 4.98. The molecule has 2 aromatic carbocycles. The lowest BCUT2D eigenvalue weighted by molar-refractivity contribution is -0.132. The summed E-state index contributed by atoms with van der Waals surface area (Å²) in [6, 6.07) is 12.5. The molecule has 0 unspecified atom stereocenters. The molecule has 4 rings (SSSR count). The van der Waals surface area contributed by atoms with Gasteiger partial charge in [-0.2, -0.15) is 0 Å². The highest BCUT2D eigenvalue weighted by molar-refractivity contribution is 5.90. The molecule has 35 heavy (non-hydrogen) atoms. The Morgan fingerprint density at radius 2 is 1.60 bits per heavy atom. The van der Waals surface area contributed by atoms with Crippen LogP contribution in [0.4, 0.5) is 14.9 Å². The zero-order valence-electron chi connectivity index (χ0n) is 20.5. The van der Waals surface area contributed by atoms with Crippen LogP contribution in [0.3, 0.4) is 0 Å². The van der Waals surface area contributed by atoms with Gasteiger partial charge in [-0.25, -0.2) is 9.18 Å². The first-order valence-electron chi connectivity index (χ1n) is 12.1. The monoisotopic (exact) mass is 480 g/mol. The smallest absolute Gasteiger partial charge is 0.322 e. The molecule has 2 aliphatic rings. The lowest BCUT2D eigenvalue weighted by atomic mass is 9.81. The quantitative estimate of drug-likeness (QED) is 0.591. The van der Waals surface area contributed by atoms with Crippen LogP contribution in [0.5, 0.6) is 0 Å². The molecule has 0 bridgehead atoms. The molecule has 0 saturated heterocycles. The van der Waals surface area contributed by atoms with E-state index in [2.05, 4.69) is 16.0 Å². The van der Waals surface area contributed by atoms with Crippen molar-refractivity contribution in [3.8, 4) is 0 Å². The Kier molecular flexibility index (Phi) is 7.10. The first-order valence-corrected chi connectivity index (χ1v) is 12.1. The first kappa shape index (κ1) is 24.7. The second kappa shape index (κ2) is 10.1. The minimum Gasteiger partial charge on any atom is -0.351 e. The minimum atomic E-state index is -0.934. The second-order valence-electron chi connectivity index (χ2n) is 10.1. The molecule has 7 nitrogen and oxygen atoms in total. The molecule has 1 aliphatic heterocycles. The van der Waals surface area contributed by atoms with Gasteiger partial charge in [-0.3, -0.25) is 9.59 Å². The van der Waals surface area contributed by atoms with Crippen LogP contribution in [0.1, 0.15) is 69.1 Å². The molecule has 186 valence electrons. The summed E-state index contributed by atoms with van der Waals surface area (Å²) in [6.07, 6.45) is 3.67. The summed E-state index contributed by atoms with van der Waals surface area (Å²) >= 11 is 0. The number of fused-ring (bicyclic) bond motifs is 1. The molecule has 0 radical (unpaired) electrons. The number of carbonyl (C=O) groups is 3. The van der Waals surface area contributed by atoms with Gasteiger partial charge in [0.25, 0.3) is 0 Å². The van der Waals surface area contributed by atoms with Gasteiger partial charge in [0.15, 0.2) is 0 Å². The van der Waals surface area contributed by atoms with Crippen LogP contribution in [-0.4, -0.2) is 34.3 Å². The zero-order valence-corrected chi connectivity index (χ0v) is 20.5. The Labute approximate surface area is 205 Å². The van der Waals surface area contributed by atoms with E-state index >= 15 is 0 Å². The third-order valence-electron chi connectivity index (χ3n) is 6.93. The van der Waals surface area contributed by atoms with Crippen LogP contribution in [0.2, 0.25) is 0 Å². The number of nitrogens with zero attached hydrogens (tertiary/aromatic N) is 1. The number of benzene rings is 2. The average molecular weight is 481 g/mol. The predicted octanol–water partition coefficient (Wildman–Crippen LogP) is 4.43. The van der Waals surface area contributed by atoms with Crippen LogP contribution in [0, 0.1) is 5.82 Å². The summed E-state index contributed by atoms with van der Waals surface area (Å²) < 4.78 is 13.4. The van der Waals surface area contributed by atoms with E-state index < -0.39 is 5.54 Å². The molecule has 1 saturated carbocycles. The highest BCUT2D eigenvalue weighted by Gasteiger charge is 2.31. The number of hydrogen-bond donors (Lipinski definition) is 3. The van der Waals surface area contributed by atoms with Crippen molar-refractivity contribution in [1.29, 1.82) is 0 Å². The molecular weight excluding hydrogens is 447 g/mol. The van der Waals surface area contributed by atoms with Crippen molar-refractivity contribution < 1.29 is 18.8 Å². The topological polar surface area (TPSA) is 90.5 Å². The molecular formula is C27H33FN4O3. The van der Waals surface area contributed by atoms with Crippen LogP contribution < -0.4 is 16.0 Å². The summed E-state index contributed by atoms with van der Waals surface area (Å²) in [4.78, 5) is 38.2. The molecule has 1 heterocycles. The van der Waals surface area contributed by atoms with Gasteiger partial charge >= 0.3 is 6.03 Å². The van der Waals surface area contributed by atoms with Crippen molar-refractivity contribution in [2.24, 2.45) is 0 Å². The Balaban J connectivity index is 1.26. The molecule has 2 aromatic rings. The minimum absolute atomic E-state index is 0.100. The third kappa shape index (κ3) is 5.99. The molecule has 1 fully saturated rings. The van der Waals surface area contributed by atoms with Crippen LogP contribution in [-0.2, 0) is 22.7 Å². The van der Waals surface area contributed by atoms with Crippen molar-refractivity contribution in [3.63, 3.8) is 0 Å². The molecule has 0 atom stereocenters.